The van der Waals surface area contributed by atoms with Gasteiger partial charge in [-0.15, -0.1) is 0 Å². The zero-order valence-electron chi connectivity index (χ0n) is 13.9. The predicted octanol–water partition coefficient (Wildman–Crippen LogP) is 2.77. The molecule has 0 aliphatic heterocycles. The van der Waals surface area contributed by atoms with E-state index in [2.05, 4.69) is 68.8 Å². The van der Waals surface area contributed by atoms with Gasteiger partial charge in [-0.25, -0.2) is 4.99 Å². The van der Waals surface area contributed by atoms with Crippen molar-refractivity contribution in [2.45, 2.75) is 26.4 Å². The van der Waals surface area contributed by atoms with Crippen molar-refractivity contribution in [3.8, 4) is 0 Å². The Morgan fingerprint density at radius 3 is 2.96 bits per heavy atom. The molecule has 2 N–H and O–H groups in total. The van der Waals surface area contributed by atoms with Crippen molar-refractivity contribution < 1.29 is 4.52 Å². The minimum absolute atomic E-state index is 0.508. The van der Waals surface area contributed by atoms with Crippen LogP contribution in [0.15, 0.2) is 58.4 Å². The molecule has 0 spiro atoms. The summed E-state index contributed by atoms with van der Waals surface area (Å²) >= 11 is 0. The van der Waals surface area contributed by atoms with E-state index in [-0.39, 0.29) is 0 Å². The third-order valence-corrected chi connectivity index (χ3v) is 3.78. The summed E-state index contributed by atoms with van der Waals surface area (Å²) < 4.78 is 7.11. The molecular weight excluding hydrogens is 302 g/mol. The number of fused-ring (bicyclic) bond motifs is 1. The maximum atomic E-state index is 4.82. The number of hydrogen-bond donors (Lipinski definition) is 2. The molecule has 0 atom stereocenters. The van der Waals surface area contributed by atoms with E-state index in [1.807, 2.05) is 6.07 Å². The fourth-order valence-electron chi connectivity index (χ4n) is 2.61. The molecule has 1 aromatic carbocycles. The van der Waals surface area contributed by atoms with Crippen LogP contribution in [0.3, 0.4) is 0 Å². The predicted molar refractivity (Wildman–Crippen MR) is 95.9 cm³/mol. The SMILES string of the molecule is CCNC(=NCc1ccon1)NCCCn1ccc2ccccc21. The first kappa shape index (κ1) is 16.1. The van der Waals surface area contributed by atoms with E-state index in [9.17, 15) is 0 Å². The van der Waals surface area contributed by atoms with Crippen molar-refractivity contribution in [1.82, 2.24) is 20.4 Å². The molecule has 0 amide bonds. The van der Waals surface area contributed by atoms with Crippen LogP contribution in [-0.2, 0) is 13.1 Å². The topological polar surface area (TPSA) is 67.4 Å². The summed E-state index contributed by atoms with van der Waals surface area (Å²) in [5, 5.41) is 11.8. The number of aliphatic imine (C=N–C) groups is 1. The molecule has 2 heterocycles. The van der Waals surface area contributed by atoms with Gasteiger partial charge in [0.25, 0.3) is 0 Å². The second-order valence-corrected chi connectivity index (χ2v) is 5.53. The zero-order chi connectivity index (χ0) is 16.6. The highest BCUT2D eigenvalue weighted by Gasteiger charge is 2.01. The number of nitrogens with zero attached hydrogens (tertiary/aromatic N) is 3. The van der Waals surface area contributed by atoms with Crippen LogP contribution in [0.2, 0.25) is 0 Å². The van der Waals surface area contributed by atoms with Crippen LogP contribution in [0, 0.1) is 0 Å². The number of aromatic nitrogens is 2. The van der Waals surface area contributed by atoms with Crippen LogP contribution in [0.4, 0.5) is 0 Å². The van der Waals surface area contributed by atoms with Crippen molar-refractivity contribution >= 4 is 16.9 Å². The molecule has 0 radical (unpaired) electrons. The first-order valence-electron chi connectivity index (χ1n) is 8.32. The number of aryl methyl sites for hydroxylation is 1. The summed E-state index contributed by atoms with van der Waals surface area (Å²) in [7, 11) is 0. The van der Waals surface area contributed by atoms with Crippen LogP contribution in [0.1, 0.15) is 19.0 Å². The van der Waals surface area contributed by atoms with E-state index in [4.69, 9.17) is 4.52 Å². The van der Waals surface area contributed by atoms with Gasteiger partial charge in [0.1, 0.15) is 12.0 Å². The first-order chi connectivity index (χ1) is 11.9. The summed E-state index contributed by atoms with van der Waals surface area (Å²) in [4.78, 5) is 4.51. The van der Waals surface area contributed by atoms with E-state index >= 15 is 0 Å². The maximum absolute atomic E-state index is 4.82. The first-order valence-corrected chi connectivity index (χ1v) is 8.32. The van der Waals surface area contributed by atoms with Crippen LogP contribution in [0.5, 0.6) is 0 Å². The Morgan fingerprint density at radius 2 is 2.12 bits per heavy atom. The fraction of sp³-hybridized carbons (Fsp3) is 0.333. The molecule has 3 aromatic rings. The van der Waals surface area contributed by atoms with E-state index in [1.54, 1.807) is 6.26 Å². The quantitative estimate of drug-likeness (QED) is 0.398. The second-order valence-electron chi connectivity index (χ2n) is 5.53. The number of guanidine groups is 1. The molecule has 126 valence electrons. The molecule has 0 aliphatic carbocycles. The molecule has 24 heavy (non-hydrogen) atoms. The summed E-state index contributed by atoms with van der Waals surface area (Å²) in [5.41, 5.74) is 2.11. The minimum atomic E-state index is 0.508. The lowest BCUT2D eigenvalue weighted by Gasteiger charge is -2.11. The van der Waals surface area contributed by atoms with Gasteiger partial charge < -0.3 is 19.7 Å². The van der Waals surface area contributed by atoms with Gasteiger partial charge in [0.2, 0.25) is 0 Å². The van der Waals surface area contributed by atoms with Crippen molar-refractivity contribution in [2.24, 2.45) is 4.99 Å². The van der Waals surface area contributed by atoms with Gasteiger partial charge in [-0.05, 0) is 30.9 Å². The molecule has 0 fully saturated rings. The Kier molecular flexibility index (Phi) is 5.50. The molecule has 0 saturated heterocycles. The maximum Gasteiger partial charge on any atom is 0.191 e. The number of nitrogens with one attached hydrogen (secondary N) is 2. The molecule has 3 rings (SSSR count). The zero-order valence-corrected chi connectivity index (χ0v) is 13.9. The average molecular weight is 325 g/mol. The van der Waals surface area contributed by atoms with Gasteiger partial charge in [0.05, 0.1) is 6.54 Å². The summed E-state index contributed by atoms with van der Waals surface area (Å²) in [6.07, 6.45) is 4.73. The monoisotopic (exact) mass is 325 g/mol. The van der Waals surface area contributed by atoms with E-state index in [0.717, 1.165) is 37.7 Å². The van der Waals surface area contributed by atoms with E-state index < -0.39 is 0 Å². The number of benzene rings is 1. The standard InChI is InChI=1S/C18H23N5O/c1-2-19-18(21-14-16-9-13-24-22-16)20-10-5-11-23-12-8-15-6-3-4-7-17(15)23/h3-4,6-9,12-13H,2,5,10-11,14H2,1H3,(H2,19,20,21). The lowest BCUT2D eigenvalue weighted by atomic mass is 10.2. The summed E-state index contributed by atoms with van der Waals surface area (Å²) in [6, 6.07) is 12.4. The number of rotatable bonds is 7. The Bertz CT molecular complexity index is 776. The van der Waals surface area contributed by atoms with E-state index in [0.29, 0.717) is 6.54 Å². The van der Waals surface area contributed by atoms with Gasteiger partial charge in [-0.2, -0.15) is 0 Å². The Balaban J connectivity index is 1.49. The van der Waals surface area contributed by atoms with Crippen LogP contribution in [0.25, 0.3) is 10.9 Å². The molecule has 6 heteroatoms. The molecule has 0 bridgehead atoms. The average Bonchev–Trinajstić information content (AvgIpc) is 3.26. The van der Waals surface area contributed by atoms with Crippen LogP contribution >= 0.6 is 0 Å². The van der Waals surface area contributed by atoms with Crippen LogP contribution in [-0.4, -0.2) is 28.8 Å². The van der Waals surface area contributed by atoms with Gasteiger partial charge in [0.15, 0.2) is 5.96 Å². The van der Waals surface area contributed by atoms with Crippen molar-refractivity contribution in [3.05, 3.63) is 54.6 Å². The minimum Gasteiger partial charge on any atom is -0.364 e. The third-order valence-electron chi connectivity index (χ3n) is 3.78. The highest BCUT2D eigenvalue weighted by molar-refractivity contribution is 5.80. The van der Waals surface area contributed by atoms with Gasteiger partial charge >= 0.3 is 0 Å². The summed E-state index contributed by atoms with van der Waals surface area (Å²) in [6.45, 7) is 5.22. The van der Waals surface area contributed by atoms with Crippen LogP contribution < -0.4 is 10.6 Å². The Morgan fingerprint density at radius 1 is 1.21 bits per heavy atom. The molecular formula is C18H23N5O. The number of para-hydroxylation sites is 1. The smallest absolute Gasteiger partial charge is 0.191 e. The lowest BCUT2D eigenvalue weighted by molar-refractivity contribution is 0.412. The van der Waals surface area contributed by atoms with Gasteiger partial charge in [-0.3, -0.25) is 0 Å². The van der Waals surface area contributed by atoms with Crippen molar-refractivity contribution in [1.29, 1.82) is 0 Å². The number of hydrogen-bond acceptors (Lipinski definition) is 3. The van der Waals surface area contributed by atoms with Crippen molar-refractivity contribution in [3.63, 3.8) is 0 Å². The molecule has 0 unspecified atom stereocenters. The largest absolute Gasteiger partial charge is 0.364 e. The van der Waals surface area contributed by atoms with Gasteiger partial charge in [0, 0.05) is 37.4 Å². The second kappa shape index (κ2) is 8.19. The molecule has 2 aromatic heterocycles. The Hall–Kier alpha value is -2.76. The normalized spacial score (nSPS) is 11.8. The highest BCUT2D eigenvalue weighted by Crippen LogP contribution is 2.15. The third kappa shape index (κ3) is 4.16. The van der Waals surface area contributed by atoms with Gasteiger partial charge in [-0.1, -0.05) is 23.4 Å². The Labute approximate surface area is 141 Å². The summed E-state index contributed by atoms with van der Waals surface area (Å²) in [5.74, 6) is 0.804. The lowest BCUT2D eigenvalue weighted by Crippen LogP contribution is -2.38. The molecule has 0 aliphatic rings. The molecule has 0 saturated carbocycles. The molecule has 6 nitrogen and oxygen atoms in total. The van der Waals surface area contributed by atoms with E-state index in [1.165, 1.54) is 10.9 Å². The fourth-order valence-corrected chi connectivity index (χ4v) is 2.61. The highest BCUT2D eigenvalue weighted by atomic mass is 16.5. The van der Waals surface area contributed by atoms with Crippen molar-refractivity contribution in [2.75, 3.05) is 13.1 Å².